The fourth-order valence-electron chi connectivity index (χ4n) is 4.78. The van der Waals surface area contributed by atoms with Gasteiger partial charge >= 0.3 is 24.2 Å². The van der Waals surface area contributed by atoms with Crippen LogP contribution in [0, 0.1) is 0 Å². The summed E-state index contributed by atoms with van der Waals surface area (Å²) in [6.07, 6.45) is -2.63. The summed E-state index contributed by atoms with van der Waals surface area (Å²) in [5.41, 5.74) is 7.59. The van der Waals surface area contributed by atoms with Gasteiger partial charge in [-0.3, -0.25) is 5.32 Å². The van der Waals surface area contributed by atoms with Gasteiger partial charge in [0.05, 0.1) is 0 Å². The maximum atomic E-state index is 13.9. The van der Waals surface area contributed by atoms with Crippen molar-refractivity contribution in [3.05, 3.63) is 59.7 Å². The molecule has 0 bridgehead atoms. The minimum atomic E-state index is -1.58. The maximum Gasteiger partial charge on any atom is 0.437 e. The van der Waals surface area contributed by atoms with Gasteiger partial charge in [-0.2, -0.15) is 0 Å². The van der Waals surface area contributed by atoms with Crippen molar-refractivity contribution in [1.29, 1.82) is 0 Å². The molecule has 3 amide bonds. The summed E-state index contributed by atoms with van der Waals surface area (Å²) in [4.78, 5) is 56.6. The molecule has 238 valence electrons. The number of aliphatic imine (C=N–C) groups is 1. The molecule has 12 nitrogen and oxygen atoms in total. The minimum Gasteiger partial charge on any atom is -0.480 e. The number of carboxylic acids is 1. The number of ether oxygens (including phenoxy) is 3. The lowest BCUT2D eigenvalue weighted by atomic mass is 9.98. The number of benzene rings is 2. The molecule has 0 fully saturated rings. The van der Waals surface area contributed by atoms with Crippen molar-refractivity contribution in [3.8, 4) is 11.1 Å². The second kappa shape index (κ2) is 14.3. The van der Waals surface area contributed by atoms with Crippen molar-refractivity contribution >= 4 is 30.2 Å². The van der Waals surface area contributed by atoms with Gasteiger partial charge in [0.2, 0.25) is 5.96 Å². The highest BCUT2D eigenvalue weighted by Gasteiger charge is 2.38. The molecule has 0 heterocycles. The summed E-state index contributed by atoms with van der Waals surface area (Å²) in [6, 6.07) is 13.9. The first-order valence-electron chi connectivity index (χ1n) is 14.5. The number of carbonyl (C=O) groups is 4. The van der Waals surface area contributed by atoms with Crippen LogP contribution in [0.4, 0.5) is 14.4 Å². The summed E-state index contributed by atoms with van der Waals surface area (Å²) in [6.45, 7) is 9.83. The van der Waals surface area contributed by atoms with Crippen LogP contribution in [0.25, 0.3) is 11.1 Å². The van der Waals surface area contributed by atoms with E-state index in [0.29, 0.717) is 24.3 Å². The van der Waals surface area contributed by atoms with E-state index in [2.05, 4.69) is 10.3 Å². The van der Waals surface area contributed by atoms with Crippen molar-refractivity contribution in [1.82, 2.24) is 10.2 Å². The van der Waals surface area contributed by atoms with E-state index in [1.165, 1.54) is 0 Å². The van der Waals surface area contributed by atoms with Gasteiger partial charge in [-0.05, 0) is 89.6 Å². The number of rotatable bonds is 8. The Morgan fingerprint density at radius 3 is 1.95 bits per heavy atom. The average Bonchev–Trinajstić information content (AvgIpc) is 3.22. The number of hydrogen-bond acceptors (Lipinski definition) is 8. The van der Waals surface area contributed by atoms with Gasteiger partial charge in [-0.1, -0.05) is 48.5 Å². The summed E-state index contributed by atoms with van der Waals surface area (Å²) < 4.78 is 16.3. The number of nitrogens with two attached hydrogens (primary N) is 1. The highest BCUT2D eigenvalue weighted by molar-refractivity contribution is 6.07. The minimum absolute atomic E-state index is 0.0694. The Morgan fingerprint density at radius 1 is 0.909 bits per heavy atom. The molecule has 1 aliphatic rings. The second-order valence-corrected chi connectivity index (χ2v) is 12.4. The smallest absolute Gasteiger partial charge is 0.437 e. The van der Waals surface area contributed by atoms with E-state index in [9.17, 15) is 24.3 Å². The fourth-order valence-corrected chi connectivity index (χ4v) is 4.78. The Kier molecular flexibility index (Phi) is 11.1. The lowest BCUT2D eigenvalue weighted by Gasteiger charge is -2.30. The molecular weight excluding hydrogens is 568 g/mol. The Balaban J connectivity index is 2.02. The van der Waals surface area contributed by atoms with E-state index in [1.807, 2.05) is 48.5 Å². The monoisotopic (exact) mass is 610 g/mol. The zero-order valence-corrected chi connectivity index (χ0v) is 26.1. The third-order valence-corrected chi connectivity index (χ3v) is 6.49. The molecule has 0 aromatic heterocycles. The van der Waals surface area contributed by atoms with Gasteiger partial charge in [0.25, 0.3) is 0 Å². The number of fused-ring (bicyclic) bond motifs is 3. The molecule has 0 radical (unpaired) electrons. The number of unbranched alkanes of at least 4 members (excludes halogenated alkanes) is 1. The summed E-state index contributed by atoms with van der Waals surface area (Å²) in [7, 11) is 0. The molecule has 0 unspecified atom stereocenters. The van der Waals surface area contributed by atoms with E-state index in [-0.39, 0.29) is 18.9 Å². The standard InChI is InChI=1S/C32H42N4O8/c1-31(2,3)43-28(39)34-27(35-29(40)44-32(4,5)6)36(25(26(37)38)17-11-12-18-33)30(41)42-19-24-22-15-9-7-13-20(22)21-14-8-10-16-23(21)24/h7-10,13-16,24-25H,11-12,17-19,33H2,1-6H3,(H,37,38)(H,34,35,39,40)/t25-/m0/s1. The molecule has 3 rings (SSSR count). The quantitative estimate of drug-likeness (QED) is 0.148. The lowest BCUT2D eigenvalue weighted by molar-refractivity contribution is -0.141. The molecule has 4 N–H and O–H groups in total. The largest absolute Gasteiger partial charge is 0.480 e. The summed E-state index contributed by atoms with van der Waals surface area (Å²) in [5, 5.41) is 12.5. The molecule has 0 saturated carbocycles. The number of alkyl carbamates (subject to hydrolysis) is 1. The van der Waals surface area contributed by atoms with Crippen molar-refractivity contribution in [2.24, 2.45) is 10.7 Å². The van der Waals surface area contributed by atoms with Gasteiger partial charge in [-0.15, -0.1) is 4.99 Å². The number of nitrogens with zero attached hydrogens (tertiary/aromatic N) is 2. The van der Waals surface area contributed by atoms with E-state index in [0.717, 1.165) is 22.3 Å². The van der Waals surface area contributed by atoms with E-state index in [4.69, 9.17) is 19.9 Å². The molecule has 12 heteroatoms. The first kappa shape index (κ1) is 34.0. The highest BCUT2D eigenvalue weighted by atomic mass is 16.6. The van der Waals surface area contributed by atoms with E-state index in [1.54, 1.807) is 41.5 Å². The van der Waals surface area contributed by atoms with Gasteiger partial charge in [0, 0.05) is 5.92 Å². The molecule has 2 aromatic rings. The van der Waals surface area contributed by atoms with Crippen LogP contribution >= 0.6 is 0 Å². The van der Waals surface area contributed by atoms with Crippen molar-refractivity contribution in [3.63, 3.8) is 0 Å². The first-order chi connectivity index (χ1) is 20.6. The first-order valence-corrected chi connectivity index (χ1v) is 14.5. The Hall–Kier alpha value is -4.45. The molecular formula is C32H42N4O8. The summed E-state index contributed by atoms with van der Waals surface area (Å²) in [5.74, 6) is -2.44. The lowest BCUT2D eigenvalue weighted by Crippen LogP contribution is -2.55. The molecule has 44 heavy (non-hydrogen) atoms. The zero-order valence-electron chi connectivity index (χ0n) is 26.1. The average molecular weight is 611 g/mol. The molecule has 0 saturated heterocycles. The Labute approximate surface area is 257 Å². The third kappa shape index (κ3) is 9.27. The number of aliphatic carboxylic acids is 1. The number of guanidine groups is 1. The number of nitrogens with one attached hydrogen (secondary N) is 1. The third-order valence-electron chi connectivity index (χ3n) is 6.49. The molecule has 2 aromatic carbocycles. The van der Waals surface area contributed by atoms with Crippen LogP contribution in [0.1, 0.15) is 77.8 Å². The van der Waals surface area contributed by atoms with Gasteiger partial charge in [0.1, 0.15) is 23.9 Å². The molecule has 0 spiro atoms. The predicted molar refractivity (Wildman–Crippen MR) is 164 cm³/mol. The van der Waals surface area contributed by atoms with Gasteiger partial charge in [0.15, 0.2) is 0 Å². The van der Waals surface area contributed by atoms with Crippen molar-refractivity contribution in [2.75, 3.05) is 13.2 Å². The van der Waals surface area contributed by atoms with Crippen molar-refractivity contribution in [2.45, 2.75) is 84.0 Å². The van der Waals surface area contributed by atoms with E-state index < -0.39 is 47.5 Å². The van der Waals surface area contributed by atoms with Gasteiger partial charge < -0.3 is 25.1 Å². The second-order valence-electron chi connectivity index (χ2n) is 12.4. The van der Waals surface area contributed by atoms with E-state index >= 15 is 0 Å². The van der Waals surface area contributed by atoms with Gasteiger partial charge in [-0.25, -0.2) is 24.1 Å². The van der Waals surface area contributed by atoms with Crippen molar-refractivity contribution < 1.29 is 38.5 Å². The normalized spacial score (nSPS) is 13.8. The Bertz CT molecular complexity index is 1350. The van der Waals surface area contributed by atoms with Crippen LogP contribution in [0.5, 0.6) is 0 Å². The molecule has 1 aliphatic carbocycles. The number of amides is 3. The maximum absolute atomic E-state index is 13.9. The molecule has 1 atom stereocenters. The fraction of sp³-hybridized carbons (Fsp3) is 0.469. The highest BCUT2D eigenvalue weighted by Crippen LogP contribution is 2.44. The van der Waals surface area contributed by atoms with Crippen LogP contribution in [0.2, 0.25) is 0 Å². The predicted octanol–water partition coefficient (Wildman–Crippen LogP) is 5.64. The zero-order chi connectivity index (χ0) is 32.7. The number of carbonyl (C=O) groups excluding carboxylic acids is 3. The number of carboxylic acid groups (broad SMARTS) is 1. The van der Waals surface area contributed by atoms with Crippen LogP contribution in [-0.2, 0) is 19.0 Å². The Morgan fingerprint density at radius 2 is 1.45 bits per heavy atom. The topological polar surface area (TPSA) is 170 Å². The van der Waals surface area contributed by atoms with Crippen LogP contribution in [0.3, 0.4) is 0 Å². The van der Waals surface area contributed by atoms with Crippen LogP contribution in [0.15, 0.2) is 53.5 Å². The van der Waals surface area contributed by atoms with Crippen LogP contribution < -0.4 is 11.1 Å². The molecule has 0 aliphatic heterocycles. The number of hydrogen-bond donors (Lipinski definition) is 3. The SMILES string of the molecule is CC(C)(C)OC(=O)/N=C(\NC(=O)OC(C)(C)C)N(C(=O)OCC1c2ccccc2-c2ccccc21)[C@@H](CCCCN)C(=O)O. The van der Waals surface area contributed by atoms with Crippen LogP contribution in [-0.4, -0.2) is 70.6 Å². The summed E-state index contributed by atoms with van der Waals surface area (Å²) >= 11 is 0.